The largest absolute Gasteiger partial charge is 0.345 e. The maximum atomic E-state index is 8.72. The highest BCUT2D eigenvalue weighted by molar-refractivity contribution is 5.32. The summed E-state index contributed by atoms with van der Waals surface area (Å²) in [6.07, 6.45) is 0. The molecule has 1 aromatic carbocycles. The third-order valence-corrected chi connectivity index (χ3v) is 2.84. The van der Waals surface area contributed by atoms with Crippen molar-refractivity contribution in [2.75, 3.05) is 0 Å². The smallest absolute Gasteiger partial charge is 0.0991 e. The van der Waals surface area contributed by atoms with Crippen molar-refractivity contribution in [3.8, 4) is 6.07 Å². The predicted octanol–water partition coefficient (Wildman–Crippen LogP) is 3.02. The van der Waals surface area contributed by atoms with E-state index in [1.165, 1.54) is 17.0 Å². The first-order chi connectivity index (χ1) is 7.70. The van der Waals surface area contributed by atoms with E-state index in [4.69, 9.17) is 5.26 Å². The van der Waals surface area contributed by atoms with Gasteiger partial charge < -0.3 is 4.57 Å². The van der Waals surface area contributed by atoms with Crippen molar-refractivity contribution in [2.45, 2.75) is 20.4 Å². The van der Waals surface area contributed by atoms with Gasteiger partial charge in [0.1, 0.15) is 0 Å². The number of nitriles is 1. The zero-order valence-electron chi connectivity index (χ0n) is 9.57. The summed E-state index contributed by atoms with van der Waals surface area (Å²) >= 11 is 0. The van der Waals surface area contributed by atoms with E-state index in [9.17, 15) is 0 Å². The van der Waals surface area contributed by atoms with Crippen LogP contribution in [0.3, 0.4) is 0 Å². The van der Waals surface area contributed by atoms with Crippen LogP contribution in [0.15, 0.2) is 36.4 Å². The molecule has 0 aliphatic carbocycles. The van der Waals surface area contributed by atoms with Gasteiger partial charge in [-0.2, -0.15) is 5.26 Å². The molecule has 0 atom stereocenters. The molecule has 0 aliphatic rings. The first-order valence-corrected chi connectivity index (χ1v) is 5.32. The zero-order chi connectivity index (χ0) is 11.5. The molecule has 80 valence electrons. The lowest BCUT2D eigenvalue weighted by molar-refractivity contribution is 0.749. The van der Waals surface area contributed by atoms with Crippen LogP contribution in [-0.2, 0) is 6.54 Å². The lowest BCUT2D eigenvalue weighted by Gasteiger charge is -2.09. The molecule has 0 saturated carbocycles. The van der Waals surface area contributed by atoms with Crippen molar-refractivity contribution in [1.29, 1.82) is 5.26 Å². The van der Waals surface area contributed by atoms with E-state index >= 15 is 0 Å². The molecule has 0 N–H and O–H groups in total. The van der Waals surface area contributed by atoms with E-state index in [0.717, 1.165) is 6.54 Å². The third kappa shape index (κ3) is 1.99. The molecule has 0 fully saturated rings. The van der Waals surface area contributed by atoms with Gasteiger partial charge in [0.05, 0.1) is 11.6 Å². The average molecular weight is 210 g/mol. The molecule has 0 bridgehead atoms. The minimum atomic E-state index is 0.713. The summed E-state index contributed by atoms with van der Waals surface area (Å²) in [5.74, 6) is 0. The summed E-state index contributed by atoms with van der Waals surface area (Å²) in [5.41, 5.74) is 4.47. The van der Waals surface area contributed by atoms with Gasteiger partial charge in [-0.3, -0.25) is 0 Å². The predicted molar refractivity (Wildman–Crippen MR) is 64.2 cm³/mol. The van der Waals surface area contributed by atoms with E-state index in [1.807, 2.05) is 24.3 Å². The van der Waals surface area contributed by atoms with Crippen LogP contribution in [0.2, 0.25) is 0 Å². The lowest BCUT2D eigenvalue weighted by atomic mass is 10.1. The van der Waals surface area contributed by atoms with Crippen molar-refractivity contribution in [3.63, 3.8) is 0 Å². The second kappa shape index (κ2) is 4.24. The fourth-order valence-corrected chi connectivity index (χ4v) is 1.82. The maximum absolute atomic E-state index is 8.72. The number of hydrogen-bond donors (Lipinski definition) is 0. The van der Waals surface area contributed by atoms with Crippen LogP contribution in [-0.4, -0.2) is 4.57 Å². The zero-order valence-corrected chi connectivity index (χ0v) is 9.57. The molecule has 2 heteroatoms. The Kier molecular flexibility index (Phi) is 2.78. The molecule has 2 rings (SSSR count). The van der Waals surface area contributed by atoms with Crippen LogP contribution in [0.1, 0.15) is 22.5 Å². The highest BCUT2D eigenvalue weighted by atomic mass is 15.0. The van der Waals surface area contributed by atoms with Gasteiger partial charge in [-0.15, -0.1) is 0 Å². The van der Waals surface area contributed by atoms with Gasteiger partial charge in [0, 0.05) is 17.9 Å². The van der Waals surface area contributed by atoms with Crippen LogP contribution in [0.25, 0.3) is 0 Å². The summed E-state index contributed by atoms with van der Waals surface area (Å²) < 4.78 is 2.27. The second-order valence-electron chi connectivity index (χ2n) is 4.01. The van der Waals surface area contributed by atoms with E-state index in [2.05, 4.69) is 36.6 Å². The van der Waals surface area contributed by atoms with E-state index in [-0.39, 0.29) is 0 Å². The fourth-order valence-electron chi connectivity index (χ4n) is 1.82. The molecule has 0 unspecified atom stereocenters. The summed E-state index contributed by atoms with van der Waals surface area (Å²) in [6, 6.07) is 14.1. The van der Waals surface area contributed by atoms with Crippen molar-refractivity contribution < 1.29 is 0 Å². The molecule has 1 heterocycles. The van der Waals surface area contributed by atoms with Gasteiger partial charge >= 0.3 is 0 Å². The van der Waals surface area contributed by atoms with Crippen LogP contribution >= 0.6 is 0 Å². The summed E-state index contributed by atoms with van der Waals surface area (Å²) in [7, 11) is 0. The Labute approximate surface area is 95.8 Å². The standard InChI is InChI=1S/C14H14N2/c1-11-3-4-12(2)16(11)10-14-7-5-13(9-15)6-8-14/h3-8H,10H2,1-2H3. The molecule has 0 radical (unpaired) electrons. The molecule has 1 aromatic heterocycles. The van der Waals surface area contributed by atoms with Gasteiger partial charge in [0.15, 0.2) is 0 Å². The van der Waals surface area contributed by atoms with Crippen molar-refractivity contribution in [2.24, 2.45) is 0 Å². The van der Waals surface area contributed by atoms with E-state index in [1.54, 1.807) is 0 Å². The normalized spacial score (nSPS) is 10.1. The van der Waals surface area contributed by atoms with Gasteiger partial charge in [-0.05, 0) is 43.7 Å². The SMILES string of the molecule is Cc1ccc(C)n1Cc1ccc(C#N)cc1. The number of nitrogens with zero attached hydrogens (tertiary/aromatic N) is 2. The molecule has 16 heavy (non-hydrogen) atoms. The van der Waals surface area contributed by atoms with E-state index in [0.29, 0.717) is 5.56 Å². The first kappa shape index (κ1) is 10.5. The number of aryl methyl sites for hydroxylation is 2. The second-order valence-corrected chi connectivity index (χ2v) is 4.01. The number of aromatic nitrogens is 1. The summed E-state index contributed by atoms with van der Waals surface area (Å²) in [4.78, 5) is 0. The van der Waals surface area contributed by atoms with Crippen LogP contribution in [0, 0.1) is 25.2 Å². The molecule has 0 saturated heterocycles. The third-order valence-electron chi connectivity index (χ3n) is 2.84. The van der Waals surface area contributed by atoms with Crippen LogP contribution in [0.4, 0.5) is 0 Å². The molecular weight excluding hydrogens is 196 g/mol. The monoisotopic (exact) mass is 210 g/mol. The van der Waals surface area contributed by atoms with Gasteiger partial charge in [-0.25, -0.2) is 0 Å². The number of benzene rings is 1. The highest BCUT2D eigenvalue weighted by Gasteiger charge is 2.01. The molecule has 2 aromatic rings. The lowest BCUT2D eigenvalue weighted by Crippen LogP contribution is -2.03. The van der Waals surface area contributed by atoms with Crippen molar-refractivity contribution >= 4 is 0 Å². The van der Waals surface area contributed by atoms with Crippen LogP contribution in [0.5, 0.6) is 0 Å². The Morgan fingerprint density at radius 1 is 1.00 bits per heavy atom. The Morgan fingerprint density at radius 2 is 1.56 bits per heavy atom. The van der Waals surface area contributed by atoms with Crippen LogP contribution < -0.4 is 0 Å². The quantitative estimate of drug-likeness (QED) is 0.749. The van der Waals surface area contributed by atoms with Gasteiger partial charge in [0.25, 0.3) is 0 Å². The number of rotatable bonds is 2. The van der Waals surface area contributed by atoms with Crippen molar-refractivity contribution in [3.05, 3.63) is 58.9 Å². The van der Waals surface area contributed by atoms with Gasteiger partial charge in [0.2, 0.25) is 0 Å². The molecular formula is C14H14N2. The van der Waals surface area contributed by atoms with Crippen molar-refractivity contribution in [1.82, 2.24) is 4.57 Å². The topological polar surface area (TPSA) is 28.7 Å². The minimum absolute atomic E-state index is 0.713. The average Bonchev–Trinajstić information content (AvgIpc) is 2.62. The first-order valence-electron chi connectivity index (χ1n) is 5.32. The highest BCUT2D eigenvalue weighted by Crippen LogP contribution is 2.11. The number of hydrogen-bond acceptors (Lipinski definition) is 1. The Balaban J connectivity index is 2.25. The molecule has 2 nitrogen and oxygen atoms in total. The fraction of sp³-hybridized carbons (Fsp3) is 0.214. The maximum Gasteiger partial charge on any atom is 0.0991 e. The summed E-state index contributed by atoms with van der Waals surface area (Å²) in [6.45, 7) is 5.09. The molecule has 0 amide bonds. The van der Waals surface area contributed by atoms with Gasteiger partial charge in [-0.1, -0.05) is 12.1 Å². The Hall–Kier alpha value is -2.01. The minimum Gasteiger partial charge on any atom is -0.345 e. The van der Waals surface area contributed by atoms with E-state index < -0.39 is 0 Å². The summed E-state index contributed by atoms with van der Waals surface area (Å²) in [5, 5.41) is 8.72. The Morgan fingerprint density at radius 3 is 2.06 bits per heavy atom. The Bertz CT molecular complexity index is 507. The molecule has 0 spiro atoms. The molecule has 0 aliphatic heterocycles.